The Hall–Kier alpha value is -3.70. The Morgan fingerprint density at radius 2 is 1.88 bits per heavy atom. The molecule has 8 heteroatoms. The van der Waals surface area contributed by atoms with E-state index in [2.05, 4.69) is 22.4 Å². The Bertz CT molecular complexity index is 1130. The van der Waals surface area contributed by atoms with Crippen molar-refractivity contribution in [3.63, 3.8) is 0 Å². The number of hydrogen-bond acceptors (Lipinski definition) is 7. The van der Waals surface area contributed by atoms with Crippen molar-refractivity contribution in [1.82, 2.24) is 10.2 Å². The number of carbonyl (C=O) groups is 1. The van der Waals surface area contributed by atoms with Crippen molar-refractivity contribution in [1.29, 1.82) is 5.26 Å². The van der Waals surface area contributed by atoms with Crippen LogP contribution in [0.5, 0.6) is 11.5 Å². The van der Waals surface area contributed by atoms with Crippen molar-refractivity contribution in [2.45, 2.75) is 33.1 Å². The zero-order chi connectivity index (χ0) is 23.5. The summed E-state index contributed by atoms with van der Waals surface area (Å²) in [4.78, 5) is 12.5. The molecule has 0 aliphatic heterocycles. The number of benzene rings is 2. The first-order valence-electron chi connectivity index (χ1n) is 10.8. The van der Waals surface area contributed by atoms with Gasteiger partial charge in [-0.2, -0.15) is 5.26 Å². The summed E-state index contributed by atoms with van der Waals surface area (Å²) in [6.45, 7) is 4.93. The first-order valence-corrected chi connectivity index (χ1v) is 11.6. The number of hydrogen-bond donors (Lipinski definition) is 1. The lowest BCUT2D eigenvalue weighted by Crippen LogP contribution is -2.13. The summed E-state index contributed by atoms with van der Waals surface area (Å²) < 4.78 is 11.4. The number of para-hydroxylation sites is 1. The molecular formula is C25H26N4O3S. The lowest BCUT2D eigenvalue weighted by Gasteiger charge is -2.10. The highest BCUT2D eigenvalue weighted by molar-refractivity contribution is 7.15. The third kappa shape index (κ3) is 7.44. The molecule has 1 aromatic heterocycles. The number of rotatable bonds is 11. The maximum absolute atomic E-state index is 12.5. The fourth-order valence-electron chi connectivity index (χ4n) is 2.90. The van der Waals surface area contributed by atoms with E-state index in [9.17, 15) is 10.1 Å². The van der Waals surface area contributed by atoms with Crippen molar-refractivity contribution in [2.75, 3.05) is 18.5 Å². The summed E-state index contributed by atoms with van der Waals surface area (Å²) in [6.07, 6.45) is 4.44. The fraction of sp³-hybridized carbons (Fsp3) is 0.280. The van der Waals surface area contributed by atoms with Gasteiger partial charge in [0.15, 0.2) is 0 Å². The molecular weight excluding hydrogens is 436 g/mol. The molecule has 0 fully saturated rings. The molecule has 7 nitrogen and oxygen atoms in total. The standard InChI is InChI=1S/C25H26N4O3S/c1-3-4-9-23-28-29-25(33-23)27-24(30)20(17-26)16-19-10-12-21(13-11-19)31-14-15-32-22-8-6-5-7-18(22)2/h5-8,10-13,16H,3-4,9,14-15H2,1-2H3,(H,27,29,30)/b20-16-. The second kappa shape index (κ2) is 12.4. The normalized spacial score (nSPS) is 11.0. The van der Waals surface area contributed by atoms with Gasteiger partial charge >= 0.3 is 0 Å². The van der Waals surface area contributed by atoms with Gasteiger partial charge in [0.25, 0.3) is 5.91 Å². The molecule has 2 aromatic carbocycles. The average Bonchev–Trinajstić information content (AvgIpc) is 3.27. The Labute approximate surface area is 197 Å². The van der Waals surface area contributed by atoms with Crippen molar-refractivity contribution in [3.8, 4) is 17.6 Å². The minimum atomic E-state index is -0.510. The van der Waals surface area contributed by atoms with E-state index in [1.807, 2.05) is 37.3 Å². The van der Waals surface area contributed by atoms with E-state index in [4.69, 9.17) is 9.47 Å². The van der Waals surface area contributed by atoms with E-state index in [-0.39, 0.29) is 5.57 Å². The van der Waals surface area contributed by atoms with Crippen LogP contribution in [0.2, 0.25) is 0 Å². The van der Waals surface area contributed by atoms with Gasteiger partial charge in [0.1, 0.15) is 41.4 Å². The van der Waals surface area contributed by atoms with Crippen LogP contribution < -0.4 is 14.8 Å². The van der Waals surface area contributed by atoms with Crippen molar-refractivity contribution < 1.29 is 14.3 Å². The zero-order valence-electron chi connectivity index (χ0n) is 18.7. The molecule has 0 spiro atoms. The van der Waals surface area contributed by atoms with Gasteiger partial charge < -0.3 is 9.47 Å². The van der Waals surface area contributed by atoms with Crippen LogP contribution in [0, 0.1) is 18.3 Å². The van der Waals surface area contributed by atoms with Crippen LogP contribution in [0.4, 0.5) is 5.13 Å². The topological polar surface area (TPSA) is 97.1 Å². The van der Waals surface area contributed by atoms with Gasteiger partial charge in [-0.25, -0.2) is 0 Å². The molecule has 0 unspecified atom stereocenters. The number of ether oxygens (including phenoxy) is 2. The summed E-state index contributed by atoms with van der Waals surface area (Å²) >= 11 is 1.33. The van der Waals surface area contributed by atoms with E-state index in [0.29, 0.717) is 29.7 Å². The number of aromatic nitrogens is 2. The van der Waals surface area contributed by atoms with Gasteiger partial charge in [0, 0.05) is 6.42 Å². The third-order valence-corrected chi connectivity index (χ3v) is 5.59. The first kappa shape index (κ1) is 24.0. The van der Waals surface area contributed by atoms with Gasteiger partial charge in [0.05, 0.1) is 0 Å². The summed E-state index contributed by atoms with van der Waals surface area (Å²) in [7, 11) is 0. The number of nitrogens with zero attached hydrogens (tertiary/aromatic N) is 3. The molecule has 0 atom stereocenters. The van der Waals surface area contributed by atoms with E-state index < -0.39 is 5.91 Å². The number of unbranched alkanes of at least 4 members (excludes halogenated alkanes) is 1. The smallest absolute Gasteiger partial charge is 0.268 e. The zero-order valence-corrected chi connectivity index (χ0v) is 19.5. The number of anilines is 1. The van der Waals surface area contributed by atoms with Gasteiger partial charge in [-0.3, -0.25) is 10.1 Å². The molecule has 1 heterocycles. The second-order valence-electron chi connectivity index (χ2n) is 7.26. The molecule has 0 aliphatic carbocycles. The summed E-state index contributed by atoms with van der Waals surface area (Å²) in [6, 6.07) is 16.9. The van der Waals surface area contributed by atoms with Gasteiger partial charge in [-0.15, -0.1) is 10.2 Å². The van der Waals surface area contributed by atoms with Crippen LogP contribution in [0.1, 0.15) is 35.9 Å². The molecule has 0 aliphatic rings. The van der Waals surface area contributed by atoms with E-state index in [0.717, 1.165) is 35.6 Å². The predicted octanol–water partition coefficient (Wildman–Crippen LogP) is 5.19. The van der Waals surface area contributed by atoms with E-state index in [1.54, 1.807) is 24.3 Å². The monoisotopic (exact) mass is 462 g/mol. The summed E-state index contributed by atoms with van der Waals surface area (Å²) in [5.41, 5.74) is 1.78. The SMILES string of the molecule is CCCCc1nnc(NC(=O)/C(C#N)=C\c2ccc(OCCOc3ccccc3C)cc2)s1. The molecule has 170 valence electrons. The fourth-order valence-corrected chi connectivity index (χ4v) is 3.68. The van der Waals surface area contributed by atoms with Crippen LogP contribution in [0.15, 0.2) is 54.1 Å². The van der Waals surface area contributed by atoms with Crippen molar-refractivity contribution in [3.05, 3.63) is 70.2 Å². The minimum Gasteiger partial charge on any atom is -0.490 e. The van der Waals surface area contributed by atoms with Gasteiger partial charge in [0.2, 0.25) is 5.13 Å². The molecule has 33 heavy (non-hydrogen) atoms. The summed E-state index contributed by atoms with van der Waals surface area (Å²) in [5.74, 6) is 1.01. The highest BCUT2D eigenvalue weighted by Crippen LogP contribution is 2.20. The van der Waals surface area contributed by atoms with Crippen LogP contribution >= 0.6 is 11.3 Å². The highest BCUT2D eigenvalue weighted by atomic mass is 32.1. The van der Waals surface area contributed by atoms with E-state index in [1.165, 1.54) is 17.4 Å². The van der Waals surface area contributed by atoms with Crippen LogP contribution in [-0.4, -0.2) is 29.3 Å². The maximum atomic E-state index is 12.5. The van der Waals surface area contributed by atoms with Crippen LogP contribution in [-0.2, 0) is 11.2 Å². The Balaban J connectivity index is 1.51. The van der Waals surface area contributed by atoms with Crippen LogP contribution in [0.3, 0.4) is 0 Å². The lowest BCUT2D eigenvalue weighted by atomic mass is 10.1. The largest absolute Gasteiger partial charge is 0.490 e. The first-order chi connectivity index (χ1) is 16.1. The Morgan fingerprint density at radius 3 is 2.61 bits per heavy atom. The van der Waals surface area contributed by atoms with Gasteiger partial charge in [-0.05, 0) is 48.7 Å². The summed E-state index contributed by atoms with van der Waals surface area (Å²) in [5, 5.41) is 21.4. The lowest BCUT2D eigenvalue weighted by molar-refractivity contribution is -0.112. The number of nitrogens with one attached hydrogen (secondary N) is 1. The highest BCUT2D eigenvalue weighted by Gasteiger charge is 2.13. The molecule has 1 amide bonds. The maximum Gasteiger partial charge on any atom is 0.268 e. The molecule has 0 bridgehead atoms. The quantitative estimate of drug-likeness (QED) is 0.239. The molecule has 1 N–H and O–H groups in total. The minimum absolute atomic E-state index is 0.0133. The molecule has 3 rings (SSSR count). The molecule has 3 aromatic rings. The average molecular weight is 463 g/mol. The van der Waals surface area contributed by atoms with Crippen molar-refractivity contribution in [2.24, 2.45) is 0 Å². The Morgan fingerprint density at radius 1 is 1.12 bits per heavy atom. The van der Waals surface area contributed by atoms with Gasteiger partial charge in [-0.1, -0.05) is 55.0 Å². The molecule has 0 saturated heterocycles. The molecule has 0 saturated carbocycles. The third-order valence-electron chi connectivity index (χ3n) is 4.69. The molecule has 0 radical (unpaired) electrons. The number of carbonyl (C=O) groups excluding carboxylic acids is 1. The van der Waals surface area contributed by atoms with Crippen LogP contribution in [0.25, 0.3) is 6.08 Å². The Kier molecular flexibility index (Phi) is 8.98. The number of amides is 1. The van der Waals surface area contributed by atoms with E-state index >= 15 is 0 Å². The van der Waals surface area contributed by atoms with Crippen molar-refractivity contribution >= 4 is 28.5 Å². The number of aryl methyl sites for hydroxylation is 2. The predicted molar refractivity (Wildman–Crippen MR) is 129 cm³/mol. The number of nitriles is 1. The second-order valence-corrected chi connectivity index (χ2v) is 8.32.